The summed E-state index contributed by atoms with van der Waals surface area (Å²) in [6, 6.07) is 3.72. The first kappa shape index (κ1) is 20.3. The van der Waals surface area contributed by atoms with E-state index in [4.69, 9.17) is 13.9 Å². The summed E-state index contributed by atoms with van der Waals surface area (Å²) in [5.41, 5.74) is 0. The summed E-state index contributed by atoms with van der Waals surface area (Å²) >= 11 is 0. The van der Waals surface area contributed by atoms with Gasteiger partial charge in [-0.3, -0.25) is 4.79 Å². The Morgan fingerprint density at radius 1 is 1.19 bits per heavy atom. The van der Waals surface area contributed by atoms with Crippen LogP contribution in [0.1, 0.15) is 63.1 Å². The molecule has 2 aliphatic heterocycles. The fraction of sp³-hybridized carbons (Fsp3) is 0.750. The number of carbonyl (C=O) groups excluding carboxylic acids is 1. The molecule has 0 saturated carbocycles. The second-order valence-corrected chi connectivity index (χ2v) is 7.42. The number of ether oxygens (including phenoxy) is 3. The van der Waals surface area contributed by atoms with Crippen LogP contribution >= 0.6 is 0 Å². The minimum Gasteiger partial charge on any atom is -0.469 e. The molecule has 27 heavy (non-hydrogen) atoms. The average molecular weight is 382 g/mol. The van der Waals surface area contributed by atoms with Crippen molar-refractivity contribution in [1.82, 2.24) is 0 Å². The molecule has 2 saturated heterocycles. The van der Waals surface area contributed by atoms with Crippen LogP contribution in [0, 0.1) is 0 Å². The SMILES string of the molecule is CCCCCc1ccc([C@@H]2O[C@H]3CC[C@H](CC(=O)OC)O[C@@H]3[C@H](O)[C@@H]2O)o1. The van der Waals surface area contributed by atoms with Crippen molar-refractivity contribution in [3.05, 3.63) is 23.7 Å². The number of unbranched alkanes of at least 4 members (excludes halogenated alkanes) is 2. The van der Waals surface area contributed by atoms with Gasteiger partial charge in [0.2, 0.25) is 0 Å². The van der Waals surface area contributed by atoms with Crippen LogP contribution in [0.5, 0.6) is 0 Å². The van der Waals surface area contributed by atoms with E-state index in [1.165, 1.54) is 7.11 Å². The van der Waals surface area contributed by atoms with Crippen LogP contribution in [-0.4, -0.2) is 53.8 Å². The van der Waals surface area contributed by atoms with Gasteiger partial charge in [-0.1, -0.05) is 19.8 Å². The lowest BCUT2D eigenvalue weighted by Gasteiger charge is -2.46. The van der Waals surface area contributed by atoms with E-state index in [2.05, 4.69) is 11.7 Å². The molecule has 0 radical (unpaired) electrons. The molecule has 0 bridgehead atoms. The van der Waals surface area contributed by atoms with E-state index in [0.717, 1.165) is 31.4 Å². The molecule has 152 valence electrons. The summed E-state index contributed by atoms with van der Waals surface area (Å²) < 4.78 is 22.4. The number of furan rings is 1. The Morgan fingerprint density at radius 3 is 2.74 bits per heavy atom. The highest BCUT2D eigenvalue weighted by Gasteiger charge is 2.49. The second-order valence-electron chi connectivity index (χ2n) is 7.42. The molecule has 1 aromatic rings. The van der Waals surface area contributed by atoms with Crippen LogP contribution < -0.4 is 0 Å². The van der Waals surface area contributed by atoms with Gasteiger partial charge >= 0.3 is 5.97 Å². The van der Waals surface area contributed by atoms with Crippen molar-refractivity contribution in [3.63, 3.8) is 0 Å². The third kappa shape index (κ3) is 4.71. The Morgan fingerprint density at radius 2 is 2.00 bits per heavy atom. The van der Waals surface area contributed by atoms with Crippen LogP contribution in [0.3, 0.4) is 0 Å². The van der Waals surface area contributed by atoms with Gasteiger partial charge in [0.25, 0.3) is 0 Å². The molecule has 2 fully saturated rings. The molecule has 3 heterocycles. The number of carbonyl (C=O) groups is 1. The third-order valence-electron chi connectivity index (χ3n) is 5.42. The summed E-state index contributed by atoms with van der Waals surface area (Å²) in [5.74, 6) is 1.04. The molecule has 3 rings (SSSR count). The lowest BCUT2D eigenvalue weighted by molar-refractivity contribution is -0.268. The van der Waals surface area contributed by atoms with E-state index < -0.39 is 24.4 Å². The Bertz CT molecular complexity index is 611. The molecular weight excluding hydrogens is 352 g/mol. The van der Waals surface area contributed by atoms with Gasteiger partial charge in [0.15, 0.2) is 0 Å². The van der Waals surface area contributed by atoms with Crippen molar-refractivity contribution >= 4 is 5.97 Å². The van der Waals surface area contributed by atoms with E-state index in [9.17, 15) is 15.0 Å². The van der Waals surface area contributed by atoms with Crippen LogP contribution in [0.4, 0.5) is 0 Å². The summed E-state index contributed by atoms with van der Waals surface area (Å²) in [4.78, 5) is 11.5. The fourth-order valence-electron chi connectivity index (χ4n) is 3.87. The fourth-order valence-corrected chi connectivity index (χ4v) is 3.87. The molecule has 6 atom stereocenters. The van der Waals surface area contributed by atoms with Crippen molar-refractivity contribution in [1.29, 1.82) is 0 Å². The van der Waals surface area contributed by atoms with Crippen molar-refractivity contribution in [2.24, 2.45) is 0 Å². The number of aliphatic hydroxyl groups is 2. The van der Waals surface area contributed by atoms with Crippen molar-refractivity contribution in [2.45, 2.75) is 88.5 Å². The Balaban J connectivity index is 1.63. The number of aliphatic hydroxyl groups excluding tert-OH is 2. The molecule has 0 unspecified atom stereocenters. The lowest BCUT2D eigenvalue weighted by atomic mass is 9.88. The standard InChI is InChI=1S/C20H30O7/c1-3-4-5-6-12-7-9-14(25-12)20-18(23)17(22)19-15(27-20)10-8-13(26-19)11-16(21)24-2/h7,9,13,15,17-20,22-23H,3-6,8,10-11H2,1-2H3/t13-,15+,17-,18+,19+,20+/m1/s1. The van der Waals surface area contributed by atoms with Gasteiger partial charge in [-0.05, 0) is 31.4 Å². The highest BCUT2D eigenvalue weighted by molar-refractivity contribution is 5.69. The van der Waals surface area contributed by atoms with E-state index >= 15 is 0 Å². The first-order valence-electron chi connectivity index (χ1n) is 9.86. The maximum absolute atomic E-state index is 11.5. The molecule has 7 heteroatoms. The minimum atomic E-state index is -1.15. The van der Waals surface area contributed by atoms with E-state index in [1.54, 1.807) is 0 Å². The molecular formula is C20H30O7. The predicted molar refractivity (Wildman–Crippen MR) is 96.1 cm³/mol. The third-order valence-corrected chi connectivity index (χ3v) is 5.42. The normalized spacial score (nSPS) is 33.5. The molecule has 2 N–H and O–H groups in total. The summed E-state index contributed by atoms with van der Waals surface area (Å²) in [5, 5.41) is 21.1. The second kappa shape index (κ2) is 9.19. The van der Waals surface area contributed by atoms with Crippen molar-refractivity contribution in [2.75, 3.05) is 7.11 Å². The Labute approximate surface area is 159 Å². The van der Waals surface area contributed by atoms with Gasteiger partial charge in [-0.2, -0.15) is 0 Å². The highest BCUT2D eigenvalue weighted by atomic mass is 16.6. The number of esters is 1. The molecule has 0 amide bonds. The van der Waals surface area contributed by atoms with Crippen LogP contribution in [0.2, 0.25) is 0 Å². The van der Waals surface area contributed by atoms with Crippen LogP contribution in [0.15, 0.2) is 16.5 Å². The topological polar surface area (TPSA) is 98.4 Å². The zero-order valence-electron chi connectivity index (χ0n) is 16.0. The van der Waals surface area contributed by atoms with Gasteiger partial charge in [0.05, 0.1) is 25.7 Å². The Hall–Kier alpha value is -1.41. The van der Waals surface area contributed by atoms with E-state index in [-0.39, 0.29) is 24.6 Å². The number of hydrogen-bond donors (Lipinski definition) is 2. The Kier molecular flexibility index (Phi) is 6.92. The zero-order chi connectivity index (χ0) is 19.4. The highest BCUT2D eigenvalue weighted by Crippen LogP contribution is 2.39. The van der Waals surface area contributed by atoms with Crippen molar-refractivity contribution in [3.8, 4) is 0 Å². The smallest absolute Gasteiger partial charge is 0.308 e. The summed E-state index contributed by atoms with van der Waals surface area (Å²) in [7, 11) is 1.33. The van der Waals surface area contributed by atoms with Gasteiger partial charge in [0.1, 0.15) is 35.9 Å². The maximum Gasteiger partial charge on any atom is 0.308 e. The van der Waals surface area contributed by atoms with Crippen LogP contribution in [0.25, 0.3) is 0 Å². The van der Waals surface area contributed by atoms with Gasteiger partial charge in [-0.15, -0.1) is 0 Å². The lowest BCUT2D eigenvalue weighted by Crippen LogP contribution is -2.58. The van der Waals surface area contributed by atoms with E-state index in [0.29, 0.717) is 18.6 Å². The van der Waals surface area contributed by atoms with Crippen LogP contribution in [-0.2, 0) is 25.4 Å². The van der Waals surface area contributed by atoms with Crippen molar-refractivity contribution < 1.29 is 33.6 Å². The van der Waals surface area contributed by atoms with Gasteiger partial charge < -0.3 is 28.8 Å². The zero-order valence-corrected chi connectivity index (χ0v) is 16.0. The first-order valence-corrected chi connectivity index (χ1v) is 9.86. The number of fused-ring (bicyclic) bond motifs is 1. The number of hydrogen-bond acceptors (Lipinski definition) is 7. The maximum atomic E-state index is 11.5. The predicted octanol–water partition coefficient (Wildman–Crippen LogP) is 2.28. The monoisotopic (exact) mass is 382 g/mol. The largest absolute Gasteiger partial charge is 0.469 e. The number of methoxy groups -OCH3 is 1. The molecule has 7 nitrogen and oxygen atoms in total. The quantitative estimate of drug-likeness (QED) is 0.551. The minimum absolute atomic E-state index is 0.130. The average Bonchev–Trinajstić information content (AvgIpc) is 3.13. The first-order chi connectivity index (χ1) is 13.0. The molecule has 0 aromatic carbocycles. The number of rotatable bonds is 7. The molecule has 2 aliphatic rings. The number of aryl methyl sites for hydroxylation is 1. The molecule has 0 aliphatic carbocycles. The molecule has 1 aromatic heterocycles. The van der Waals surface area contributed by atoms with Gasteiger partial charge in [0, 0.05) is 6.42 Å². The van der Waals surface area contributed by atoms with E-state index in [1.807, 2.05) is 12.1 Å². The van der Waals surface area contributed by atoms with Gasteiger partial charge in [-0.25, -0.2) is 0 Å². The summed E-state index contributed by atoms with van der Waals surface area (Å²) in [6.45, 7) is 2.15. The summed E-state index contributed by atoms with van der Waals surface area (Å²) in [6.07, 6.45) is 1.25. The molecule has 0 spiro atoms.